The summed E-state index contributed by atoms with van der Waals surface area (Å²) in [6.07, 6.45) is 0. The fraction of sp³-hybridized carbons (Fsp3) is 0.353. The largest absolute Gasteiger partial charge is 0.501 e. The van der Waals surface area contributed by atoms with Crippen LogP contribution in [0.25, 0.3) is 0 Å². The number of halogens is 1. The van der Waals surface area contributed by atoms with Crippen molar-refractivity contribution in [3.8, 4) is 11.6 Å². The van der Waals surface area contributed by atoms with E-state index in [-0.39, 0.29) is 24.1 Å². The Morgan fingerprint density at radius 2 is 2.08 bits per heavy atom. The van der Waals surface area contributed by atoms with Gasteiger partial charge in [0.15, 0.2) is 11.5 Å². The predicted octanol–water partition coefficient (Wildman–Crippen LogP) is 1.68. The maximum atomic E-state index is 12.9. The predicted molar refractivity (Wildman–Crippen MR) is 95.6 cm³/mol. The smallest absolute Gasteiger partial charge is 0.274 e. The lowest BCUT2D eigenvalue weighted by Crippen LogP contribution is -2.34. The third-order valence-electron chi connectivity index (χ3n) is 4.16. The number of nitrogens with one attached hydrogen (secondary N) is 1. The third kappa shape index (κ3) is 4.05. The first-order valence-electron chi connectivity index (χ1n) is 8.06. The molecule has 138 valence electrons. The molecule has 1 unspecified atom stereocenters. The highest BCUT2D eigenvalue weighted by atomic mass is 32.2. The van der Waals surface area contributed by atoms with Crippen LogP contribution in [0, 0.1) is 5.82 Å². The number of carbonyl (C=O) groups excluding carboxylic acids is 1. The monoisotopic (exact) mass is 378 g/mol. The van der Waals surface area contributed by atoms with Gasteiger partial charge in [-0.2, -0.15) is 16.7 Å². The highest BCUT2D eigenvalue weighted by Crippen LogP contribution is 2.31. The molecule has 0 spiro atoms. The Balaban J connectivity index is 1.79. The van der Waals surface area contributed by atoms with E-state index in [1.54, 1.807) is 23.9 Å². The second kappa shape index (κ2) is 7.88. The highest BCUT2D eigenvalue weighted by Gasteiger charge is 2.27. The standard InChI is InChI=1S/C17H19FN4O3S/c1-22-6-7-26-9-12(22)15-20-13(14(23)17(25)21-15)16(24)19-8-10-2-4-11(18)5-3-10/h2-5,12,23H,6-9H2,1H3,(H,19,24)(H,20,21,25). The summed E-state index contributed by atoms with van der Waals surface area (Å²) in [4.78, 5) is 22.6. The summed E-state index contributed by atoms with van der Waals surface area (Å²) in [5.41, 5.74) is 0.416. The first kappa shape index (κ1) is 18.4. The number of rotatable bonds is 4. The quantitative estimate of drug-likeness (QED) is 0.744. The van der Waals surface area contributed by atoms with Crippen molar-refractivity contribution in [3.63, 3.8) is 0 Å². The fourth-order valence-electron chi connectivity index (χ4n) is 2.59. The number of amides is 1. The van der Waals surface area contributed by atoms with Crippen molar-refractivity contribution in [3.05, 3.63) is 47.2 Å². The number of carbonyl (C=O) groups is 1. The van der Waals surface area contributed by atoms with E-state index < -0.39 is 17.5 Å². The summed E-state index contributed by atoms with van der Waals surface area (Å²) in [5, 5.41) is 22.5. The van der Waals surface area contributed by atoms with Crippen molar-refractivity contribution in [2.45, 2.75) is 12.6 Å². The van der Waals surface area contributed by atoms with Crippen LogP contribution in [0.1, 0.15) is 27.9 Å². The van der Waals surface area contributed by atoms with Crippen LogP contribution < -0.4 is 5.32 Å². The SMILES string of the molecule is CN1CCSCC1c1nc(O)c(O)c(C(=O)NCc2ccc(F)cc2)n1. The van der Waals surface area contributed by atoms with E-state index in [1.807, 2.05) is 11.9 Å². The van der Waals surface area contributed by atoms with Gasteiger partial charge in [0.1, 0.15) is 5.82 Å². The van der Waals surface area contributed by atoms with Gasteiger partial charge in [0.05, 0.1) is 6.04 Å². The molecule has 3 N–H and O–H groups in total. The minimum Gasteiger partial charge on any atom is -0.501 e. The molecule has 1 saturated heterocycles. The molecule has 7 nitrogen and oxygen atoms in total. The molecule has 2 heterocycles. The van der Waals surface area contributed by atoms with Crippen LogP contribution in [0.4, 0.5) is 4.39 Å². The number of benzene rings is 1. The first-order valence-corrected chi connectivity index (χ1v) is 9.21. The lowest BCUT2D eigenvalue weighted by Gasteiger charge is -2.30. The second-order valence-corrected chi connectivity index (χ2v) is 7.13. The van der Waals surface area contributed by atoms with Crippen molar-refractivity contribution < 1.29 is 19.4 Å². The Morgan fingerprint density at radius 3 is 2.77 bits per heavy atom. The van der Waals surface area contributed by atoms with Crippen LogP contribution in [0.3, 0.4) is 0 Å². The summed E-state index contributed by atoms with van der Waals surface area (Å²) in [6.45, 7) is 0.976. The normalized spacial score (nSPS) is 17.8. The Labute approximate surface area is 154 Å². The maximum absolute atomic E-state index is 12.9. The average molecular weight is 378 g/mol. The summed E-state index contributed by atoms with van der Waals surface area (Å²) < 4.78 is 12.9. The van der Waals surface area contributed by atoms with Crippen molar-refractivity contribution >= 4 is 17.7 Å². The Morgan fingerprint density at radius 1 is 1.35 bits per heavy atom. The van der Waals surface area contributed by atoms with E-state index in [0.29, 0.717) is 11.4 Å². The van der Waals surface area contributed by atoms with Crippen LogP contribution in [0.2, 0.25) is 0 Å². The summed E-state index contributed by atoms with van der Waals surface area (Å²) >= 11 is 1.74. The van der Waals surface area contributed by atoms with E-state index in [9.17, 15) is 19.4 Å². The molecule has 1 aromatic carbocycles. The van der Waals surface area contributed by atoms with Gasteiger partial charge in [-0.05, 0) is 24.7 Å². The second-order valence-electron chi connectivity index (χ2n) is 5.98. The molecule has 1 amide bonds. The van der Waals surface area contributed by atoms with E-state index in [0.717, 1.165) is 18.1 Å². The van der Waals surface area contributed by atoms with Crippen LogP contribution in [-0.2, 0) is 6.54 Å². The van der Waals surface area contributed by atoms with Gasteiger partial charge in [-0.25, -0.2) is 9.37 Å². The zero-order valence-electron chi connectivity index (χ0n) is 14.1. The molecule has 1 aromatic heterocycles. The van der Waals surface area contributed by atoms with Crippen LogP contribution in [0.5, 0.6) is 11.6 Å². The number of thioether (sulfide) groups is 1. The van der Waals surface area contributed by atoms with E-state index in [1.165, 1.54) is 12.1 Å². The average Bonchev–Trinajstić information content (AvgIpc) is 2.63. The number of hydrogen-bond donors (Lipinski definition) is 3. The van der Waals surface area contributed by atoms with Crippen molar-refractivity contribution in [1.82, 2.24) is 20.2 Å². The minimum atomic E-state index is -0.656. The summed E-state index contributed by atoms with van der Waals surface area (Å²) in [7, 11) is 1.92. The topological polar surface area (TPSA) is 98.6 Å². The van der Waals surface area contributed by atoms with Gasteiger partial charge >= 0.3 is 0 Å². The molecule has 3 rings (SSSR count). The van der Waals surface area contributed by atoms with E-state index >= 15 is 0 Å². The van der Waals surface area contributed by atoms with Crippen molar-refractivity contribution in [2.24, 2.45) is 0 Å². The Bertz CT molecular complexity index is 803. The van der Waals surface area contributed by atoms with Crippen LogP contribution in [-0.4, -0.2) is 56.1 Å². The van der Waals surface area contributed by atoms with E-state index in [2.05, 4.69) is 15.3 Å². The number of aromatic hydroxyl groups is 2. The molecule has 0 aliphatic carbocycles. The third-order valence-corrected chi connectivity index (χ3v) is 5.18. The van der Waals surface area contributed by atoms with Crippen molar-refractivity contribution in [2.75, 3.05) is 25.1 Å². The Hall–Kier alpha value is -2.39. The maximum Gasteiger partial charge on any atom is 0.274 e. The van der Waals surface area contributed by atoms with Gasteiger partial charge in [-0.15, -0.1) is 0 Å². The molecule has 1 aliphatic heterocycles. The van der Waals surface area contributed by atoms with Gasteiger partial charge in [0.25, 0.3) is 11.8 Å². The molecule has 9 heteroatoms. The molecule has 1 aliphatic rings. The number of aromatic nitrogens is 2. The fourth-order valence-corrected chi connectivity index (χ4v) is 3.80. The van der Waals surface area contributed by atoms with Crippen molar-refractivity contribution in [1.29, 1.82) is 0 Å². The van der Waals surface area contributed by atoms with Gasteiger partial charge in [0, 0.05) is 24.6 Å². The first-order chi connectivity index (χ1) is 12.5. The molecule has 26 heavy (non-hydrogen) atoms. The summed E-state index contributed by atoms with van der Waals surface area (Å²) in [5.74, 6) is -0.266. The van der Waals surface area contributed by atoms with Gasteiger partial charge in [-0.1, -0.05) is 12.1 Å². The lowest BCUT2D eigenvalue weighted by atomic mass is 10.2. The molecule has 0 bridgehead atoms. The highest BCUT2D eigenvalue weighted by molar-refractivity contribution is 7.99. The number of hydrogen-bond acceptors (Lipinski definition) is 7. The van der Waals surface area contributed by atoms with Gasteiger partial charge in [0.2, 0.25) is 5.75 Å². The zero-order chi connectivity index (χ0) is 18.7. The molecule has 0 radical (unpaired) electrons. The molecule has 0 saturated carbocycles. The van der Waals surface area contributed by atoms with Crippen LogP contribution in [0.15, 0.2) is 24.3 Å². The molecule has 1 atom stereocenters. The number of nitrogens with zero attached hydrogens (tertiary/aromatic N) is 3. The minimum absolute atomic E-state index is 0.137. The summed E-state index contributed by atoms with van der Waals surface area (Å²) in [6, 6.07) is 5.54. The molecule has 2 aromatic rings. The Kier molecular flexibility index (Phi) is 5.58. The molecular weight excluding hydrogens is 359 g/mol. The lowest BCUT2D eigenvalue weighted by molar-refractivity contribution is 0.0940. The molecule has 1 fully saturated rings. The zero-order valence-corrected chi connectivity index (χ0v) is 15.0. The van der Waals surface area contributed by atoms with Crippen LogP contribution >= 0.6 is 11.8 Å². The van der Waals surface area contributed by atoms with Gasteiger partial charge in [-0.3, -0.25) is 9.69 Å². The van der Waals surface area contributed by atoms with E-state index in [4.69, 9.17) is 0 Å². The molecular formula is C17H19FN4O3S. The van der Waals surface area contributed by atoms with Gasteiger partial charge < -0.3 is 15.5 Å².